The molecule has 0 radical (unpaired) electrons. The Morgan fingerprint density at radius 3 is 2.68 bits per heavy atom. The summed E-state index contributed by atoms with van der Waals surface area (Å²) < 4.78 is 5.77. The topological polar surface area (TPSA) is 35.0 Å². The van der Waals surface area contributed by atoms with Crippen LogP contribution in [0.25, 0.3) is 10.9 Å². The minimum Gasteiger partial charge on any atom is -0.437 e. The number of rotatable bonds is 3. The van der Waals surface area contributed by atoms with Gasteiger partial charge in [-0.1, -0.05) is 24.3 Å². The van der Waals surface area contributed by atoms with Crippen LogP contribution in [0.15, 0.2) is 54.9 Å². The van der Waals surface area contributed by atoms with Gasteiger partial charge in [0.15, 0.2) is 5.75 Å². The van der Waals surface area contributed by atoms with E-state index in [2.05, 4.69) is 9.97 Å². The molecule has 3 rings (SSSR count). The van der Waals surface area contributed by atoms with E-state index in [-0.39, 0.29) is 0 Å². The number of halogens is 1. The van der Waals surface area contributed by atoms with Gasteiger partial charge in [-0.3, -0.25) is 4.98 Å². The molecule has 0 unspecified atom stereocenters. The summed E-state index contributed by atoms with van der Waals surface area (Å²) in [6.45, 7) is 0. The number of aromatic nitrogens is 2. The Hall–Kier alpha value is -2.13. The molecule has 0 N–H and O–H groups in total. The number of nitrogens with zero attached hydrogens (tertiary/aromatic N) is 2. The standard InChI is InChI=1S/C15H11ClN2O/c16-9-11-6-7-14(18-10-11)19-13-5-1-3-12-4-2-8-17-15(12)13/h1-8,10H,9H2. The van der Waals surface area contributed by atoms with Crippen LogP contribution in [0.3, 0.4) is 0 Å². The first kappa shape index (κ1) is 11.9. The highest BCUT2D eigenvalue weighted by Gasteiger charge is 2.04. The van der Waals surface area contributed by atoms with Crippen LogP contribution in [0.1, 0.15) is 5.56 Å². The summed E-state index contributed by atoms with van der Waals surface area (Å²) in [6.07, 6.45) is 3.46. The number of alkyl halides is 1. The Kier molecular flexibility index (Phi) is 3.29. The maximum absolute atomic E-state index is 5.77. The van der Waals surface area contributed by atoms with Crippen LogP contribution in [0, 0.1) is 0 Å². The Balaban J connectivity index is 1.96. The van der Waals surface area contributed by atoms with Gasteiger partial charge >= 0.3 is 0 Å². The third kappa shape index (κ3) is 2.51. The average Bonchev–Trinajstić information content (AvgIpc) is 2.48. The Morgan fingerprint density at radius 2 is 1.89 bits per heavy atom. The lowest BCUT2D eigenvalue weighted by molar-refractivity contribution is 0.467. The molecule has 0 bridgehead atoms. The number of pyridine rings is 2. The highest BCUT2D eigenvalue weighted by atomic mass is 35.5. The van der Waals surface area contributed by atoms with E-state index in [0.717, 1.165) is 16.5 Å². The fraction of sp³-hybridized carbons (Fsp3) is 0.0667. The molecular formula is C15H11ClN2O. The molecule has 0 amide bonds. The summed E-state index contributed by atoms with van der Waals surface area (Å²) in [7, 11) is 0. The van der Waals surface area contributed by atoms with Crippen LogP contribution in [0.2, 0.25) is 0 Å². The molecule has 3 aromatic rings. The maximum Gasteiger partial charge on any atom is 0.219 e. The van der Waals surface area contributed by atoms with E-state index in [0.29, 0.717) is 17.5 Å². The quantitative estimate of drug-likeness (QED) is 0.670. The Morgan fingerprint density at radius 1 is 1.00 bits per heavy atom. The largest absolute Gasteiger partial charge is 0.437 e. The third-order valence-electron chi connectivity index (χ3n) is 2.76. The van der Waals surface area contributed by atoms with Crippen LogP contribution < -0.4 is 4.74 Å². The van der Waals surface area contributed by atoms with Gasteiger partial charge in [-0.15, -0.1) is 11.6 Å². The van der Waals surface area contributed by atoms with Crippen molar-refractivity contribution in [1.29, 1.82) is 0 Å². The molecule has 3 nitrogen and oxygen atoms in total. The predicted molar refractivity (Wildman–Crippen MR) is 75.6 cm³/mol. The van der Waals surface area contributed by atoms with Crippen molar-refractivity contribution in [3.8, 4) is 11.6 Å². The van der Waals surface area contributed by atoms with E-state index in [1.807, 2.05) is 36.4 Å². The summed E-state index contributed by atoms with van der Waals surface area (Å²) in [5.41, 5.74) is 1.79. The van der Waals surface area contributed by atoms with Crippen LogP contribution in [-0.2, 0) is 5.88 Å². The second-order valence-corrected chi connectivity index (χ2v) is 4.34. The normalized spacial score (nSPS) is 10.6. The van der Waals surface area contributed by atoms with Crippen molar-refractivity contribution < 1.29 is 4.74 Å². The zero-order valence-corrected chi connectivity index (χ0v) is 10.8. The van der Waals surface area contributed by atoms with Gasteiger partial charge in [0.05, 0.1) is 0 Å². The van der Waals surface area contributed by atoms with Crippen LogP contribution >= 0.6 is 11.6 Å². The molecule has 0 fully saturated rings. The van der Waals surface area contributed by atoms with Gasteiger partial charge in [-0.05, 0) is 17.7 Å². The monoisotopic (exact) mass is 270 g/mol. The average molecular weight is 271 g/mol. The fourth-order valence-corrected chi connectivity index (χ4v) is 1.98. The third-order valence-corrected chi connectivity index (χ3v) is 3.07. The van der Waals surface area contributed by atoms with Crippen molar-refractivity contribution in [3.05, 3.63) is 60.4 Å². The number of ether oxygens (including phenoxy) is 1. The van der Waals surface area contributed by atoms with Crippen molar-refractivity contribution in [2.24, 2.45) is 0 Å². The molecule has 0 spiro atoms. The van der Waals surface area contributed by atoms with Crippen molar-refractivity contribution in [1.82, 2.24) is 9.97 Å². The molecule has 0 saturated carbocycles. The molecule has 2 heterocycles. The van der Waals surface area contributed by atoms with Gasteiger partial charge < -0.3 is 4.74 Å². The number of hydrogen-bond donors (Lipinski definition) is 0. The van der Waals surface area contributed by atoms with Gasteiger partial charge in [0.25, 0.3) is 0 Å². The Labute approximate surface area is 115 Å². The first-order valence-electron chi connectivity index (χ1n) is 5.89. The van der Waals surface area contributed by atoms with Crippen molar-refractivity contribution in [2.75, 3.05) is 0 Å². The second kappa shape index (κ2) is 5.24. The number of benzene rings is 1. The second-order valence-electron chi connectivity index (χ2n) is 4.07. The van der Waals surface area contributed by atoms with Crippen LogP contribution in [0.5, 0.6) is 11.6 Å². The van der Waals surface area contributed by atoms with E-state index in [4.69, 9.17) is 16.3 Å². The summed E-state index contributed by atoms with van der Waals surface area (Å²) in [4.78, 5) is 8.55. The van der Waals surface area contributed by atoms with E-state index in [1.165, 1.54) is 0 Å². The highest BCUT2D eigenvalue weighted by molar-refractivity contribution is 6.17. The fourth-order valence-electron chi connectivity index (χ4n) is 1.82. The summed E-state index contributed by atoms with van der Waals surface area (Å²) in [5, 5.41) is 1.04. The molecule has 94 valence electrons. The summed E-state index contributed by atoms with van der Waals surface area (Å²) in [5.74, 6) is 1.68. The molecule has 0 aliphatic carbocycles. The van der Waals surface area contributed by atoms with Crippen molar-refractivity contribution >= 4 is 22.5 Å². The number of fused-ring (bicyclic) bond motifs is 1. The molecule has 4 heteroatoms. The van der Waals surface area contributed by atoms with Gasteiger partial charge in [-0.2, -0.15) is 0 Å². The summed E-state index contributed by atoms with van der Waals surface area (Å²) in [6, 6.07) is 13.4. The van der Waals surface area contributed by atoms with Crippen LogP contribution in [-0.4, -0.2) is 9.97 Å². The van der Waals surface area contributed by atoms with E-state index in [1.54, 1.807) is 18.5 Å². The van der Waals surface area contributed by atoms with Gasteiger partial charge in [-0.25, -0.2) is 4.98 Å². The minimum absolute atomic E-state index is 0.448. The lowest BCUT2D eigenvalue weighted by Gasteiger charge is -2.07. The zero-order chi connectivity index (χ0) is 13.1. The predicted octanol–water partition coefficient (Wildman–Crippen LogP) is 4.16. The van der Waals surface area contributed by atoms with Gasteiger partial charge in [0.2, 0.25) is 5.88 Å². The molecule has 0 aliphatic heterocycles. The lowest BCUT2D eigenvalue weighted by Crippen LogP contribution is -1.91. The summed E-state index contributed by atoms with van der Waals surface area (Å²) >= 11 is 5.73. The molecule has 2 aromatic heterocycles. The molecule has 0 atom stereocenters. The number of para-hydroxylation sites is 1. The molecule has 1 aromatic carbocycles. The van der Waals surface area contributed by atoms with E-state index in [9.17, 15) is 0 Å². The first-order valence-corrected chi connectivity index (χ1v) is 6.43. The van der Waals surface area contributed by atoms with Crippen molar-refractivity contribution in [2.45, 2.75) is 5.88 Å². The smallest absolute Gasteiger partial charge is 0.219 e. The SMILES string of the molecule is ClCc1ccc(Oc2cccc3cccnc23)nc1. The molecule has 0 saturated heterocycles. The molecule has 19 heavy (non-hydrogen) atoms. The van der Waals surface area contributed by atoms with E-state index >= 15 is 0 Å². The Bertz CT molecular complexity index is 693. The maximum atomic E-state index is 5.77. The lowest BCUT2D eigenvalue weighted by atomic mass is 10.2. The van der Waals surface area contributed by atoms with E-state index < -0.39 is 0 Å². The highest BCUT2D eigenvalue weighted by Crippen LogP contribution is 2.27. The number of hydrogen-bond acceptors (Lipinski definition) is 3. The van der Waals surface area contributed by atoms with Crippen molar-refractivity contribution in [3.63, 3.8) is 0 Å². The molecular weight excluding hydrogens is 260 g/mol. The molecule has 0 aliphatic rings. The minimum atomic E-state index is 0.448. The van der Waals surface area contributed by atoms with Gasteiger partial charge in [0, 0.05) is 29.7 Å². The van der Waals surface area contributed by atoms with Gasteiger partial charge in [0.1, 0.15) is 5.52 Å². The first-order chi connectivity index (χ1) is 9.36. The zero-order valence-electron chi connectivity index (χ0n) is 10.1. The van der Waals surface area contributed by atoms with Crippen LogP contribution in [0.4, 0.5) is 0 Å².